The second kappa shape index (κ2) is 10.2. The maximum absolute atomic E-state index is 13.0. The molecule has 1 aliphatic heterocycles. The third kappa shape index (κ3) is 5.52. The van der Waals surface area contributed by atoms with Crippen molar-refractivity contribution in [3.63, 3.8) is 0 Å². The molecule has 0 bridgehead atoms. The van der Waals surface area contributed by atoms with E-state index in [1.807, 2.05) is 19.1 Å². The molecule has 2 N–H and O–H groups in total. The molecule has 0 unspecified atom stereocenters. The van der Waals surface area contributed by atoms with Crippen molar-refractivity contribution in [2.75, 3.05) is 36.9 Å². The van der Waals surface area contributed by atoms with Gasteiger partial charge in [0.05, 0.1) is 31.0 Å². The van der Waals surface area contributed by atoms with E-state index in [-0.39, 0.29) is 24.0 Å². The number of urea groups is 1. The van der Waals surface area contributed by atoms with Gasteiger partial charge in [0.1, 0.15) is 0 Å². The standard InChI is InChI=1S/C23H28N4O4S/c1-15-6-7-19(18(12-15)21(29)16-4-2-3-5-16)25-22(30)26-23-24-17(14-32-23)13-20(28)27-8-10-31-11-9-27/h6-7,12,14,16H,2-5,8-11,13H2,1H3,(H2,24,25,26,30). The van der Waals surface area contributed by atoms with Crippen molar-refractivity contribution in [3.8, 4) is 0 Å². The predicted molar refractivity (Wildman–Crippen MR) is 123 cm³/mol. The monoisotopic (exact) mass is 456 g/mol. The minimum Gasteiger partial charge on any atom is -0.378 e. The van der Waals surface area contributed by atoms with Crippen molar-refractivity contribution < 1.29 is 19.1 Å². The Kier molecular flexibility index (Phi) is 7.16. The Morgan fingerprint density at radius 3 is 2.66 bits per heavy atom. The molecule has 2 heterocycles. The first-order chi connectivity index (χ1) is 15.5. The summed E-state index contributed by atoms with van der Waals surface area (Å²) in [5, 5.41) is 7.69. The van der Waals surface area contributed by atoms with E-state index >= 15 is 0 Å². The number of ether oxygens (including phenoxy) is 1. The summed E-state index contributed by atoms with van der Waals surface area (Å²) in [4.78, 5) is 44.1. The summed E-state index contributed by atoms with van der Waals surface area (Å²) in [5.74, 6) is 0.134. The van der Waals surface area contributed by atoms with E-state index in [0.717, 1.165) is 31.2 Å². The van der Waals surface area contributed by atoms with Crippen LogP contribution in [0.3, 0.4) is 0 Å². The smallest absolute Gasteiger partial charge is 0.325 e. The van der Waals surface area contributed by atoms with Crippen molar-refractivity contribution in [2.45, 2.75) is 39.0 Å². The Labute approximate surface area is 191 Å². The van der Waals surface area contributed by atoms with Crippen LogP contribution in [-0.2, 0) is 16.0 Å². The summed E-state index contributed by atoms with van der Waals surface area (Å²) < 4.78 is 5.27. The number of thiazole rings is 1. The Bertz CT molecular complexity index is 994. The van der Waals surface area contributed by atoms with Crippen LogP contribution in [0.15, 0.2) is 23.6 Å². The lowest BCUT2D eigenvalue weighted by Crippen LogP contribution is -2.41. The van der Waals surface area contributed by atoms with Crippen LogP contribution in [0.4, 0.5) is 15.6 Å². The molecule has 1 aliphatic carbocycles. The largest absolute Gasteiger partial charge is 0.378 e. The normalized spacial score (nSPS) is 16.7. The maximum Gasteiger partial charge on any atom is 0.325 e. The molecule has 0 spiro atoms. The number of rotatable bonds is 6. The van der Waals surface area contributed by atoms with E-state index in [1.165, 1.54) is 11.3 Å². The Morgan fingerprint density at radius 2 is 1.91 bits per heavy atom. The molecule has 1 aromatic heterocycles. The molecule has 2 aliphatic rings. The SMILES string of the molecule is Cc1ccc(NC(=O)Nc2nc(CC(=O)N3CCOCC3)cs2)c(C(=O)C2CCCC2)c1. The molecule has 8 nitrogen and oxygen atoms in total. The summed E-state index contributed by atoms with van der Waals surface area (Å²) in [6.07, 6.45) is 4.16. The number of carbonyl (C=O) groups is 3. The summed E-state index contributed by atoms with van der Waals surface area (Å²) in [6.45, 7) is 4.23. The minimum absolute atomic E-state index is 0.00400. The van der Waals surface area contributed by atoms with Crippen LogP contribution in [-0.4, -0.2) is 53.9 Å². The predicted octanol–water partition coefficient (Wildman–Crippen LogP) is 3.87. The fraction of sp³-hybridized carbons (Fsp3) is 0.478. The first-order valence-electron chi connectivity index (χ1n) is 11.0. The highest BCUT2D eigenvalue weighted by atomic mass is 32.1. The fourth-order valence-electron chi connectivity index (χ4n) is 4.15. The fourth-order valence-corrected chi connectivity index (χ4v) is 4.86. The average Bonchev–Trinajstić information content (AvgIpc) is 3.47. The zero-order valence-corrected chi connectivity index (χ0v) is 19.0. The third-order valence-electron chi connectivity index (χ3n) is 5.88. The second-order valence-corrected chi connectivity index (χ2v) is 9.15. The number of anilines is 2. The van der Waals surface area contributed by atoms with Gasteiger partial charge in [0.15, 0.2) is 10.9 Å². The van der Waals surface area contributed by atoms with E-state index in [4.69, 9.17) is 4.74 Å². The van der Waals surface area contributed by atoms with Gasteiger partial charge in [-0.2, -0.15) is 0 Å². The summed E-state index contributed by atoms with van der Waals surface area (Å²) in [5.41, 5.74) is 2.66. The van der Waals surface area contributed by atoms with Gasteiger partial charge in [0.2, 0.25) is 5.91 Å². The van der Waals surface area contributed by atoms with E-state index in [1.54, 1.807) is 16.3 Å². The quantitative estimate of drug-likeness (QED) is 0.643. The highest BCUT2D eigenvalue weighted by Gasteiger charge is 2.26. The number of benzene rings is 1. The molecule has 2 fully saturated rings. The van der Waals surface area contributed by atoms with Gasteiger partial charge in [-0.15, -0.1) is 11.3 Å². The Hall–Kier alpha value is -2.78. The van der Waals surface area contributed by atoms with Crippen molar-refractivity contribution in [1.29, 1.82) is 0 Å². The molecule has 1 saturated carbocycles. The van der Waals surface area contributed by atoms with Crippen LogP contribution in [0, 0.1) is 12.8 Å². The molecule has 32 heavy (non-hydrogen) atoms. The number of amides is 3. The van der Waals surface area contributed by atoms with Gasteiger partial charge in [-0.05, 0) is 31.9 Å². The Balaban J connectivity index is 1.37. The summed E-state index contributed by atoms with van der Waals surface area (Å²) >= 11 is 1.27. The van der Waals surface area contributed by atoms with Crippen molar-refractivity contribution in [1.82, 2.24) is 9.88 Å². The van der Waals surface area contributed by atoms with Crippen LogP contribution >= 0.6 is 11.3 Å². The number of aromatic nitrogens is 1. The number of morpholine rings is 1. The number of carbonyl (C=O) groups excluding carboxylic acids is 3. The first-order valence-corrected chi connectivity index (χ1v) is 11.9. The zero-order chi connectivity index (χ0) is 22.5. The van der Waals surface area contributed by atoms with Gasteiger partial charge in [-0.1, -0.05) is 24.5 Å². The van der Waals surface area contributed by atoms with E-state index < -0.39 is 6.03 Å². The summed E-state index contributed by atoms with van der Waals surface area (Å²) in [6, 6.07) is 5.02. The summed E-state index contributed by atoms with van der Waals surface area (Å²) in [7, 11) is 0. The van der Waals surface area contributed by atoms with Gasteiger partial charge in [-0.25, -0.2) is 9.78 Å². The molecule has 4 rings (SSSR count). The van der Waals surface area contributed by atoms with E-state index in [0.29, 0.717) is 48.4 Å². The number of nitrogens with one attached hydrogen (secondary N) is 2. The number of nitrogens with zero attached hydrogens (tertiary/aromatic N) is 2. The van der Waals surface area contributed by atoms with Crippen molar-refractivity contribution in [2.24, 2.45) is 5.92 Å². The lowest BCUT2D eigenvalue weighted by molar-refractivity contribution is -0.134. The number of Topliss-reactive ketones (excluding diaryl/α,β-unsaturated/α-hetero) is 1. The third-order valence-corrected chi connectivity index (χ3v) is 6.69. The minimum atomic E-state index is -0.463. The van der Waals surface area contributed by atoms with Crippen LogP contribution < -0.4 is 10.6 Å². The van der Waals surface area contributed by atoms with E-state index in [2.05, 4.69) is 15.6 Å². The van der Waals surface area contributed by atoms with Crippen molar-refractivity contribution >= 4 is 39.9 Å². The van der Waals surface area contributed by atoms with Crippen molar-refractivity contribution in [3.05, 3.63) is 40.4 Å². The van der Waals surface area contributed by atoms with Crippen LogP contribution in [0.2, 0.25) is 0 Å². The Morgan fingerprint density at radius 1 is 1.16 bits per heavy atom. The highest BCUT2D eigenvalue weighted by molar-refractivity contribution is 7.14. The second-order valence-electron chi connectivity index (χ2n) is 8.29. The number of hydrogen-bond acceptors (Lipinski definition) is 6. The first kappa shape index (κ1) is 22.4. The maximum atomic E-state index is 13.0. The molecule has 0 radical (unpaired) electrons. The molecule has 3 amide bonds. The number of aryl methyl sites for hydroxylation is 1. The number of ketones is 1. The topological polar surface area (TPSA) is 101 Å². The van der Waals surface area contributed by atoms with Gasteiger partial charge >= 0.3 is 6.03 Å². The average molecular weight is 457 g/mol. The van der Waals surface area contributed by atoms with Crippen LogP contribution in [0.5, 0.6) is 0 Å². The van der Waals surface area contributed by atoms with Gasteiger partial charge in [-0.3, -0.25) is 14.9 Å². The molecule has 170 valence electrons. The van der Waals surface area contributed by atoms with Crippen LogP contribution in [0.25, 0.3) is 0 Å². The molecule has 1 saturated heterocycles. The zero-order valence-electron chi connectivity index (χ0n) is 18.2. The van der Waals surface area contributed by atoms with E-state index in [9.17, 15) is 14.4 Å². The highest BCUT2D eigenvalue weighted by Crippen LogP contribution is 2.31. The lowest BCUT2D eigenvalue weighted by Gasteiger charge is -2.26. The lowest BCUT2D eigenvalue weighted by atomic mass is 9.94. The molecular weight excluding hydrogens is 428 g/mol. The molecule has 1 aromatic carbocycles. The van der Waals surface area contributed by atoms with Gasteiger partial charge in [0, 0.05) is 30.0 Å². The van der Waals surface area contributed by atoms with Gasteiger partial charge in [0.25, 0.3) is 0 Å². The number of hydrogen-bond donors (Lipinski definition) is 2. The van der Waals surface area contributed by atoms with Crippen LogP contribution in [0.1, 0.15) is 47.3 Å². The molecule has 9 heteroatoms. The molecule has 0 atom stereocenters. The molecule has 2 aromatic rings. The molecular formula is C23H28N4O4S. The van der Waals surface area contributed by atoms with Gasteiger partial charge < -0.3 is 15.0 Å².